The third-order valence-electron chi connectivity index (χ3n) is 2.57. The first kappa shape index (κ1) is 22.4. The molecule has 1 aromatic heterocycles. The lowest BCUT2D eigenvalue weighted by molar-refractivity contribution is -0.140. The molecule has 1 aromatic rings. The molecule has 0 aliphatic carbocycles. The second-order valence-electron chi connectivity index (χ2n) is 4.55. The van der Waals surface area contributed by atoms with E-state index in [0.717, 1.165) is 7.05 Å². The summed E-state index contributed by atoms with van der Waals surface area (Å²) >= 11 is 5.73. The number of thioether (sulfide) groups is 1. The van der Waals surface area contributed by atoms with E-state index in [4.69, 9.17) is 11.6 Å². The number of ether oxygens (including phenoxy) is 1. The second-order valence-corrected chi connectivity index (χ2v) is 5.92. The van der Waals surface area contributed by atoms with Gasteiger partial charge in [-0.15, -0.1) is 0 Å². The van der Waals surface area contributed by atoms with Crippen LogP contribution in [0.25, 0.3) is 0 Å². The summed E-state index contributed by atoms with van der Waals surface area (Å²) in [6.45, 7) is 1.50. The first-order chi connectivity index (χ1) is 11.9. The van der Waals surface area contributed by atoms with E-state index >= 15 is 0 Å². The Bertz CT molecular complexity index is 681. The number of esters is 1. The molecular formula is C13H12ClF6N3O2S. The van der Waals surface area contributed by atoms with Crippen molar-refractivity contribution in [1.82, 2.24) is 4.98 Å². The smallest absolute Gasteiger partial charge is 0.441 e. The fourth-order valence-electron chi connectivity index (χ4n) is 1.50. The highest BCUT2D eigenvalue weighted by Gasteiger charge is 2.38. The Morgan fingerprint density at radius 1 is 1.35 bits per heavy atom. The van der Waals surface area contributed by atoms with Crippen LogP contribution in [0.1, 0.15) is 12.5 Å². The van der Waals surface area contributed by atoms with Gasteiger partial charge in [0.05, 0.1) is 22.9 Å². The minimum absolute atomic E-state index is 0.00285. The van der Waals surface area contributed by atoms with E-state index in [0.29, 0.717) is 17.3 Å². The van der Waals surface area contributed by atoms with Crippen LogP contribution in [-0.4, -0.2) is 41.6 Å². The lowest BCUT2D eigenvalue weighted by atomic mass is 10.3. The van der Waals surface area contributed by atoms with Crippen molar-refractivity contribution in [2.75, 3.05) is 24.4 Å². The van der Waals surface area contributed by atoms with Crippen LogP contribution < -0.4 is 5.01 Å². The van der Waals surface area contributed by atoms with Gasteiger partial charge in [0.2, 0.25) is 0 Å². The molecule has 1 heterocycles. The molecule has 0 aliphatic rings. The molecule has 0 aliphatic heterocycles. The van der Waals surface area contributed by atoms with Crippen molar-refractivity contribution >= 4 is 40.2 Å². The molecule has 1 rings (SSSR count). The van der Waals surface area contributed by atoms with Crippen molar-refractivity contribution < 1.29 is 35.9 Å². The summed E-state index contributed by atoms with van der Waals surface area (Å²) in [6.07, 6.45) is -9.18. The summed E-state index contributed by atoms with van der Waals surface area (Å²) < 4.78 is 81.3. The molecule has 13 heteroatoms. The number of anilines is 1. The van der Waals surface area contributed by atoms with E-state index in [9.17, 15) is 31.1 Å². The molecule has 0 saturated carbocycles. The predicted octanol–water partition coefficient (Wildman–Crippen LogP) is 4.36. The quantitative estimate of drug-likeness (QED) is 0.231. The monoisotopic (exact) mass is 423 g/mol. The Morgan fingerprint density at radius 3 is 2.42 bits per heavy atom. The van der Waals surface area contributed by atoms with Crippen molar-refractivity contribution in [2.24, 2.45) is 5.10 Å². The highest BCUT2D eigenvalue weighted by Crippen LogP contribution is 2.34. The predicted molar refractivity (Wildman–Crippen MR) is 85.2 cm³/mol. The summed E-state index contributed by atoms with van der Waals surface area (Å²) in [6, 6.07) is 0.523. The molecule has 146 valence electrons. The van der Waals surface area contributed by atoms with Crippen LogP contribution in [0.15, 0.2) is 17.4 Å². The summed E-state index contributed by atoms with van der Waals surface area (Å²) in [5.74, 6) is -1.94. The molecule has 0 spiro atoms. The Hall–Kier alpha value is -1.69. The average molecular weight is 424 g/mol. The molecule has 0 amide bonds. The Morgan fingerprint density at radius 2 is 1.96 bits per heavy atom. The molecule has 0 fully saturated rings. The maximum Gasteiger partial charge on any atom is 0.441 e. The van der Waals surface area contributed by atoms with Gasteiger partial charge in [-0.1, -0.05) is 23.4 Å². The molecule has 0 atom stereocenters. The van der Waals surface area contributed by atoms with Gasteiger partial charge in [0.25, 0.3) is 0 Å². The van der Waals surface area contributed by atoms with Crippen molar-refractivity contribution in [3.05, 3.63) is 22.8 Å². The van der Waals surface area contributed by atoms with E-state index in [1.54, 1.807) is 0 Å². The molecule has 0 radical (unpaired) electrons. The third-order valence-corrected chi connectivity index (χ3v) is 3.82. The van der Waals surface area contributed by atoms with Crippen LogP contribution in [0.5, 0.6) is 0 Å². The van der Waals surface area contributed by atoms with E-state index in [1.165, 1.54) is 6.92 Å². The van der Waals surface area contributed by atoms with Gasteiger partial charge in [0, 0.05) is 13.2 Å². The topological polar surface area (TPSA) is 54.8 Å². The van der Waals surface area contributed by atoms with E-state index in [-0.39, 0.29) is 18.4 Å². The maximum absolute atomic E-state index is 13.0. The normalized spacial score (nSPS) is 12.9. The molecule has 0 aromatic carbocycles. The zero-order valence-electron chi connectivity index (χ0n) is 13.3. The number of aromatic nitrogens is 1. The number of hydrogen-bond donors (Lipinski definition) is 0. The van der Waals surface area contributed by atoms with E-state index in [2.05, 4.69) is 14.8 Å². The summed E-state index contributed by atoms with van der Waals surface area (Å²) in [7, 11) is 1.03. The average Bonchev–Trinajstić information content (AvgIpc) is 2.49. The van der Waals surface area contributed by atoms with Crippen LogP contribution in [0.2, 0.25) is 5.02 Å². The largest absolute Gasteiger partial charge is 0.465 e. The second kappa shape index (κ2) is 8.80. The number of carbonyl (C=O) groups is 1. The minimum atomic E-state index is -4.90. The summed E-state index contributed by atoms with van der Waals surface area (Å²) in [4.78, 5) is 14.6. The van der Waals surface area contributed by atoms with Gasteiger partial charge in [-0.05, 0) is 13.0 Å². The molecule has 0 bridgehead atoms. The Balaban J connectivity index is 3.07. The van der Waals surface area contributed by atoms with Crippen LogP contribution in [0, 0.1) is 0 Å². The van der Waals surface area contributed by atoms with Gasteiger partial charge in [-0.2, -0.15) is 31.4 Å². The van der Waals surface area contributed by atoms with Crippen molar-refractivity contribution in [3.63, 3.8) is 0 Å². The number of halogens is 7. The van der Waals surface area contributed by atoms with E-state index < -0.39 is 45.5 Å². The van der Waals surface area contributed by atoms with Gasteiger partial charge >= 0.3 is 18.3 Å². The standard InChI is InChI=1S/C13H12ClF6N3O2S/c1-3-25-9(24)6-26-11(13(18,19)20)22-23(2)10-8(14)4-7(5-21-10)12(15,16)17/h4-5H,3,6H2,1-2H3. The highest BCUT2D eigenvalue weighted by atomic mass is 35.5. The number of carbonyl (C=O) groups excluding carboxylic acids is 1. The molecular weight excluding hydrogens is 412 g/mol. The fourth-order valence-corrected chi connectivity index (χ4v) is 2.48. The van der Waals surface area contributed by atoms with Crippen LogP contribution >= 0.6 is 23.4 Å². The lowest BCUT2D eigenvalue weighted by Gasteiger charge is -2.18. The fraction of sp³-hybridized carbons (Fsp3) is 0.462. The first-order valence-corrected chi connectivity index (χ1v) is 8.13. The van der Waals surface area contributed by atoms with E-state index in [1.807, 2.05) is 0 Å². The first-order valence-electron chi connectivity index (χ1n) is 6.77. The number of hydrazone groups is 1. The summed E-state index contributed by atoms with van der Waals surface area (Å²) in [5, 5.41) is 1.88. The van der Waals surface area contributed by atoms with Gasteiger partial charge < -0.3 is 4.74 Å². The number of alkyl halides is 6. The molecule has 0 N–H and O–H groups in total. The zero-order chi connectivity index (χ0) is 20.1. The van der Waals surface area contributed by atoms with Crippen molar-refractivity contribution in [3.8, 4) is 0 Å². The summed E-state index contributed by atoms with van der Waals surface area (Å²) in [5.41, 5.74) is -1.16. The van der Waals surface area contributed by atoms with Gasteiger partial charge in [-0.25, -0.2) is 9.99 Å². The number of hydrogen-bond acceptors (Lipinski definition) is 6. The molecule has 5 nitrogen and oxygen atoms in total. The van der Waals surface area contributed by atoms with Crippen LogP contribution in [0.4, 0.5) is 32.2 Å². The number of nitrogens with zero attached hydrogens (tertiary/aromatic N) is 3. The van der Waals surface area contributed by atoms with Crippen LogP contribution in [-0.2, 0) is 15.7 Å². The zero-order valence-corrected chi connectivity index (χ0v) is 14.9. The Kier molecular flexibility index (Phi) is 7.57. The lowest BCUT2D eigenvalue weighted by Crippen LogP contribution is -2.26. The number of rotatable bonds is 5. The molecule has 0 saturated heterocycles. The third kappa shape index (κ3) is 6.56. The highest BCUT2D eigenvalue weighted by molar-refractivity contribution is 8.14. The number of pyridine rings is 1. The van der Waals surface area contributed by atoms with Crippen molar-refractivity contribution in [1.29, 1.82) is 0 Å². The van der Waals surface area contributed by atoms with Gasteiger partial charge in [0.15, 0.2) is 10.9 Å². The molecule has 0 unspecified atom stereocenters. The maximum atomic E-state index is 13.0. The molecule has 26 heavy (non-hydrogen) atoms. The Labute approximate surface area is 153 Å². The van der Waals surface area contributed by atoms with Gasteiger partial charge in [-0.3, -0.25) is 4.79 Å². The van der Waals surface area contributed by atoms with Gasteiger partial charge in [0.1, 0.15) is 0 Å². The van der Waals surface area contributed by atoms with Crippen LogP contribution in [0.3, 0.4) is 0 Å². The minimum Gasteiger partial charge on any atom is -0.465 e. The van der Waals surface area contributed by atoms with Crippen molar-refractivity contribution in [2.45, 2.75) is 19.3 Å². The SMILES string of the molecule is CCOC(=O)CSC(=NN(C)c1ncc(C(F)(F)F)cc1Cl)C(F)(F)F.